The van der Waals surface area contributed by atoms with Crippen LogP contribution < -0.4 is 10.6 Å². The van der Waals surface area contributed by atoms with Crippen molar-refractivity contribution >= 4 is 17.6 Å². The Kier molecular flexibility index (Phi) is 6.42. The van der Waals surface area contributed by atoms with Crippen LogP contribution in [0.4, 0.5) is 10.2 Å². The van der Waals surface area contributed by atoms with E-state index in [1.807, 2.05) is 33.3 Å². The van der Waals surface area contributed by atoms with E-state index in [-0.39, 0.29) is 5.82 Å². The molecule has 0 unspecified atom stereocenters. The highest BCUT2D eigenvalue weighted by Gasteiger charge is 2.25. The Bertz CT molecular complexity index is 985. The van der Waals surface area contributed by atoms with E-state index in [0.717, 1.165) is 59.8 Å². The van der Waals surface area contributed by atoms with Crippen LogP contribution in [0.5, 0.6) is 0 Å². The summed E-state index contributed by atoms with van der Waals surface area (Å²) in [6.07, 6.45) is 8.75. The van der Waals surface area contributed by atoms with Gasteiger partial charge in [-0.3, -0.25) is 0 Å². The zero-order chi connectivity index (χ0) is 22.0. The normalized spacial score (nSPS) is 17.5. The van der Waals surface area contributed by atoms with Crippen LogP contribution in [0.1, 0.15) is 53.9 Å². The second kappa shape index (κ2) is 9.23. The lowest BCUT2D eigenvalue weighted by molar-refractivity contribution is 0.460. The first-order valence-electron chi connectivity index (χ1n) is 11.2. The lowest BCUT2D eigenvalue weighted by Crippen LogP contribution is -2.27. The quantitative estimate of drug-likeness (QED) is 0.630. The Morgan fingerprint density at radius 2 is 1.94 bits per heavy atom. The van der Waals surface area contributed by atoms with E-state index in [1.54, 1.807) is 6.07 Å². The number of halogens is 1. The van der Waals surface area contributed by atoms with Gasteiger partial charge >= 0.3 is 0 Å². The summed E-state index contributed by atoms with van der Waals surface area (Å²) in [5, 5.41) is 6.89. The number of aryl methyl sites for hydroxylation is 1. The second-order valence-corrected chi connectivity index (χ2v) is 9.03. The highest BCUT2D eigenvalue weighted by molar-refractivity contribution is 5.82. The number of anilines is 1. The molecule has 1 saturated carbocycles. The van der Waals surface area contributed by atoms with Gasteiger partial charge in [-0.2, -0.15) is 0 Å². The summed E-state index contributed by atoms with van der Waals surface area (Å²) >= 11 is 0. The van der Waals surface area contributed by atoms with Crippen molar-refractivity contribution in [3.63, 3.8) is 0 Å². The number of nitrogens with zero attached hydrogens (tertiary/aromatic N) is 2. The van der Waals surface area contributed by atoms with Gasteiger partial charge in [-0.1, -0.05) is 12.6 Å². The summed E-state index contributed by atoms with van der Waals surface area (Å²) in [5.41, 5.74) is 6.41. The van der Waals surface area contributed by atoms with E-state index in [2.05, 4.69) is 34.3 Å². The van der Waals surface area contributed by atoms with Crippen molar-refractivity contribution in [1.29, 1.82) is 0 Å². The summed E-state index contributed by atoms with van der Waals surface area (Å²) in [7, 11) is 4.01. The van der Waals surface area contributed by atoms with Gasteiger partial charge in [-0.05, 0) is 98.5 Å². The molecule has 2 fully saturated rings. The third-order valence-electron chi connectivity index (χ3n) is 6.36. The van der Waals surface area contributed by atoms with Crippen LogP contribution in [0, 0.1) is 18.7 Å². The number of hydrogen-bond acceptors (Lipinski definition) is 4. The average molecular weight is 421 g/mol. The monoisotopic (exact) mass is 420 g/mol. The fraction of sp³-hybridized carbons (Fsp3) is 0.423. The van der Waals surface area contributed by atoms with E-state index in [0.29, 0.717) is 11.8 Å². The number of benzene rings is 1. The maximum atomic E-state index is 14.0. The van der Waals surface area contributed by atoms with Crippen molar-refractivity contribution in [2.75, 3.05) is 32.5 Å². The van der Waals surface area contributed by atoms with Crippen LogP contribution in [0.25, 0.3) is 11.8 Å². The molecule has 4 nitrogen and oxygen atoms in total. The van der Waals surface area contributed by atoms with Crippen molar-refractivity contribution < 1.29 is 4.39 Å². The maximum absolute atomic E-state index is 14.0. The molecule has 2 aliphatic rings. The lowest BCUT2D eigenvalue weighted by atomic mass is 9.87. The molecule has 164 valence electrons. The van der Waals surface area contributed by atoms with Gasteiger partial charge in [-0.15, -0.1) is 0 Å². The van der Waals surface area contributed by atoms with Crippen LogP contribution in [-0.2, 0) is 0 Å². The molecular weight excluding hydrogens is 387 g/mol. The topological polar surface area (TPSA) is 40.2 Å². The van der Waals surface area contributed by atoms with Crippen LogP contribution in [-0.4, -0.2) is 37.1 Å². The smallest absolute Gasteiger partial charge is 0.130 e. The molecule has 31 heavy (non-hydrogen) atoms. The van der Waals surface area contributed by atoms with Gasteiger partial charge in [0.25, 0.3) is 0 Å². The third-order valence-corrected chi connectivity index (χ3v) is 6.36. The van der Waals surface area contributed by atoms with Crippen molar-refractivity contribution in [3.05, 3.63) is 70.8 Å². The summed E-state index contributed by atoms with van der Waals surface area (Å²) in [5.74, 6) is 1.71. The van der Waals surface area contributed by atoms with Crippen molar-refractivity contribution in [3.8, 4) is 0 Å². The Morgan fingerprint density at radius 1 is 1.19 bits per heavy atom. The van der Waals surface area contributed by atoms with Gasteiger partial charge in [-0.25, -0.2) is 9.37 Å². The number of pyridine rings is 1. The molecule has 1 aliphatic carbocycles. The van der Waals surface area contributed by atoms with Crippen LogP contribution in [0.2, 0.25) is 0 Å². The number of nitrogens with one attached hydrogen (secondary N) is 2. The van der Waals surface area contributed by atoms with E-state index in [9.17, 15) is 4.39 Å². The molecule has 5 heteroatoms. The molecule has 2 heterocycles. The first-order valence-corrected chi connectivity index (χ1v) is 11.2. The first kappa shape index (κ1) is 21.6. The van der Waals surface area contributed by atoms with Crippen LogP contribution in [0.3, 0.4) is 0 Å². The number of piperidine rings is 1. The SMILES string of the molecule is C=C(Nc1cc(C2CCNCC2)c(/C=C(/c2cc(F)ccc2C)N(C)C)cn1)C1CC1. The fourth-order valence-electron chi connectivity index (χ4n) is 4.32. The van der Waals surface area contributed by atoms with Gasteiger partial charge in [0.2, 0.25) is 0 Å². The molecule has 0 bridgehead atoms. The summed E-state index contributed by atoms with van der Waals surface area (Å²) in [6, 6.07) is 7.17. The van der Waals surface area contributed by atoms with Crippen molar-refractivity contribution in [2.45, 2.75) is 38.5 Å². The molecule has 4 rings (SSSR count). The molecule has 0 atom stereocenters. The zero-order valence-corrected chi connectivity index (χ0v) is 18.8. The highest BCUT2D eigenvalue weighted by Crippen LogP contribution is 2.37. The Morgan fingerprint density at radius 3 is 2.61 bits per heavy atom. The van der Waals surface area contributed by atoms with Gasteiger partial charge in [0.15, 0.2) is 0 Å². The van der Waals surface area contributed by atoms with E-state index in [1.165, 1.54) is 24.5 Å². The van der Waals surface area contributed by atoms with E-state index in [4.69, 9.17) is 4.98 Å². The first-order chi connectivity index (χ1) is 14.9. The molecule has 1 aliphatic heterocycles. The van der Waals surface area contributed by atoms with Gasteiger partial charge in [0.05, 0.1) is 0 Å². The molecular formula is C26H33FN4. The Hall–Kier alpha value is -2.66. The largest absolute Gasteiger partial charge is 0.377 e. The summed E-state index contributed by atoms with van der Waals surface area (Å²) < 4.78 is 14.0. The zero-order valence-electron chi connectivity index (χ0n) is 18.8. The van der Waals surface area contributed by atoms with E-state index >= 15 is 0 Å². The molecule has 0 amide bonds. The molecule has 0 spiro atoms. The highest BCUT2D eigenvalue weighted by atomic mass is 19.1. The predicted molar refractivity (Wildman–Crippen MR) is 127 cm³/mol. The minimum atomic E-state index is -0.219. The Balaban J connectivity index is 1.75. The summed E-state index contributed by atoms with van der Waals surface area (Å²) in [6.45, 7) is 8.26. The fourth-order valence-corrected chi connectivity index (χ4v) is 4.32. The van der Waals surface area contributed by atoms with Gasteiger partial charge < -0.3 is 15.5 Å². The Labute approximate surface area is 185 Å². The standard InChI is InChI=1S/C26H33FN4/c1-17-5-8-22(27)14-23(17)25(31(3)4)13-21-16-29-26(30-18(2)19-6-7-19)15-24(21)20-9-11-28-12-10-20/h5,8,13-16,19-20,28H,2,6-7,9-12H2,1,3-4H3,(H,29,30)/b25-13-. The number of rotatable bonds is 7. The molecule has 2 N–H and O–H groups in total. The summed E-state index contributed by atoms with van der Waals surface area (Å²) in [4.78, 5) is 6.76. The van der Waals surface area contributed by atoms with Gasteiger partial charge in [0.1, 0.15) is 11.6 Å². The maximum Gasteiger partial charge on any atom is 0.130 e. The minimum Gasteiger partial charge on any atom is -0.377 e. The van der Waals surface area contributed by atoms with Crippen molar-refractivity contribution in [2.24, 2.45) is 5.92 Å². The minimum absolute atomic E-state index is 0.219. The lowest BCUT2D eigenvalue weighted by Gasteiger charge is -2.26. The molecule has 2 aromatic rings. The molecule has 0 radical (unpaired) electrons. The van der Waals surface area contributed by atoms with Crippen LogP contribution in [0.15, 0.2) is 42.7 Å². The van der Waals surface area contributed by atoms with E-state index < -0.39 is 0 Å². The average Bonchev–Trinajstić information content (AvgIpc) is 3.60. The second-order valence-electron chi connectivity index (χ2n) is 9.03. The predicted octanol–water partition coefficient (Wildman–Crippen LogP) is 5.39. The van der Waals surface area contributed by atoms with Crippen molar-refractivity contribution in [1.82, 2.24) is 15.2 Å². The number of hydrogen-bond donors (Lipinski definition) is 2. The number of aromatic nitrogens is 1. The van der Waals surface area contributed by atoms with Crippen LogP contribution >= 0.6 is 0 Å². The number of allylic oxidation sites excluding steroid dienone is 1. The van der Waals surface area contributed by atoms with Gasteiger partial charge in [0, 0.05) is 37.2 Å². The molecule has 1 aromatic carbocycles. The molecule has 1 aromatic heterocycles. The third kappa shape index (κ3) is 5.16. The molecule has 1 saturated heterocycles.